The fourth-order valence-electron chi connectivity index (χ4n) is 2.40. The van der Waals surface area contributed by atoms with Crippen molar-refractivity contribution < 1.29 is 23.1 Å². The topological polar surface area (TPSA) is 46.6 Å². The van der Waals surface area contributed by atoms with E-state index in [2.05, 4.69) is 0 Å². The Balaban J connectivity index is 1.72. The molecule has 0 bridgehead atoms. The van der Waals surface area contributed by atoms with Gasteiger partial charge in [0.1, 0.15) is 5.75 Å². The van der Waals surface area contributed by atoms with Crippen molar-refractivity contribution in [1.82, 2.24) is 0 Å². The highest BCUT2D eigenvalue weighted by Gasteiger charge is 2.21. The second-order valence-electron chi connectivity index (χ2n) is 5.16. The summed E-state index contributed by atoms with van der Waals surface area (Å²) < 4.78 is 30.9. The van der Waals surface area contributed by atoms with E-state index in [1.54, 1.807) is 17.0 Å². The minimum Gasteiger partial charge on any atom is -0.423 e. The van der Waals surface area contributed by atoms with Crippen molar-refractivity contribution in [3.63, 3.8) is 0 Å². The molecule has 0 aromatic heterocycles. The molecule has 2 aromatic carbocycles. The molecule has 1 amide bonds. The first-order chi connectivity index (χ1) is 11.0. The van der Waals surface area contributed by atoms with E-state index in [1.165, 1.54) is 18.2 Å². The smallest absolute Gasteiger partial charge is 0.343 e. The first-order valence-electron chi connectivity index (χ1n) is 7.12. The summed E-state index contributed by atoms with van der Waals surface area (Å²) in [5.74, 6) is -2.80. The second kappa shape index (κ2) is 6.16. The number of hydrogen-bond acceptors (Lipinski definition) is 3. The number of carbonyl (C=O) groups excluding carboxylic acids is 2. The summed E-state index contributed by atoms with van der Waals surface area (Å²) in [5, 5.41) is 0. The minimum absolute atomic E-state index is 0.0575. The van der Waals surface area contributed by atoms with Crippen LogP contribution in [-0.2, 0) is 4.79 Å². The van der Waals surface area contributed by atoms with Gasteiger partial charge in [0.05, 0.1) is 5.56 Å². The number of anilines is 1. The Labute approximate surface area is 131 Å². The highest BCUT2D eigenvalue weighted by atomic mass is 19.2. The average Bonchev–Trinajstić information content (AvgIpc) is 2.97. The first-order valence-corrected chi connectivity index (χ1v) is 7.12. The molecular formula is C17H13F2NO3. The lowest BCUT2D eigenvalue weighted by molar-refractivity contribution is -0.117. The molecule has 0 saturated carbocycles. The fraction of sp³-hybridized carbons (Fsp3) is 0.176. The predicted octanol–water partition coefficient (Wildman–Crippen LogP) is 3.31. The van der Waals surface area contributed by atoms with Gasteiger partial charge in [-0.2, -0.15) is 0 Å². The van der Waals surface area contributed by atoms with Crippen LogP contribution in [0.3, 0.4) is 0 Å². The van der Waals surface area contributed by atoms with Crippen LogP contribution in [0.1, 0.15) is 23.2 Å². The summed E-state index contributed by atoms with van der Waals surface area (Å²) in [6.45, 7) is 0.664. The summed E-state index contributed by atoms with van der Waals surface area (Å²) in [4.78, 5) is 25.3. The third-order valence-corrected chi connectivity index (χ3v) is 3.59. The first kappa shape index (κ1) is 15.1. The molecule has 118 valence electrons. The van der Waals surface area contributed by atoms with E-state index >= 15 is 0 Å². The van der Waals surface area contributed by atoms with Crippen molar-refractivity contribution in [2.45, 2.75) is 12.8 Å². The summed E-state index contributed by atoms with van der Waals surface area (Å²) in [6.07, 6.45) is 1.35. The molecule has 1 aliphatic heterocycles. The number of ether oxygens (including phenoxy) is 1. The molecule has 0 N–H and O–H groups in total. The van der Waals surface area contributed by atoms with Crippen LogP contribution in [0.4, 0.5) is 14.5 Å². The zero-order valence-electron chi connectivity index (χ0n) is 12.1. The highest BCUT2D eigenvalue weighted by Crippen LogP contribution is 2.22. The van der Waals surface area contributed by atoms with Crippen LogP contribution in [0, 0.1) is 11.6 Å². The van der Waals surface area contributed by atoms with Gasteiger partial charge >= 0.3 is 5.97 Å². The van der Waals surface area contributed by atoms with Crippen molar-refractivity contribution in [2.24, 2.45) is 0 Å². The van der Waals surface area contributed by atoms with Gasteiger partial charge in [-0.05, 0) is 42.8 Å². The van der Waals surface area contributed by atoms with E-state index < -0.39 is 17.6 Å². The molecule has 0 atom stereocenters. The standard InChI is InChI=1S/C17H13F2NO3/c18-14-8-7-13(10-15(14)19)23-17(22)11-3-5-12(6-4-11)20-9-1-2-16(20)21/h3-8,10H,1-2,9H2. The number of hydrogen-bond donors (Lipinski definition) is 0. The Morgan fingerprint density at radius 1 is 1.04 bits per heavy atom. The van der Waals surface area contributed by atoms with Crippen molar-refractivity contribution in [3.05, 3.63) is 59.7 Å². The van der Waals surface area contributed by atoms with Crippen LogP contribution in [-0.4, -0.2) is 18.4 Å². The van der Waals surface area contributed by atoms with E-state index in [9.17, 15) is 18.4 Å². The lowest BCUT2D eigenvalue weighted by Gasteiger charge is -2.15. The number of esters is 1. The van der Waals surface area contributed by atoms with Crippen molar-refractivity contribution in [3.8, 4) is 5.75 Å². The Morgan fingerprint density at radius 3 is 2.39 bits per heavy atom. The molecule has 1 saturated heterocycles. The molecule has 4 nitrogen and oxygen atoms in total. The Hall–Kier alpha value is -2.76. The minimum atomic E-state index is -1.09. The fourth-order valence-corrected chi connectivity index (χ4v) is 2.40. The second-order valence-corrected chi connectivity index (χ2v) is 5.16. The average molecular weight is 317 g/mol. The molecule has 0 radical (unpaired) electrons. The van der Waals surface area contributed by atoms with Crippen molar-refractivity contribution in [1.29, 1.82) is 0 Å². The van der Waals surface area contributed by atoms with E-state index in [1.807, 2.05) is 0 Å². The Morgan fingerprint density at radius 2 is 1.78 bits per heavy atom. The van der Waals surface area contributed by atoms with Crippen LogP contribution in [0.15, 0.2) is 42.5 Å². The quantitative estimate of drug-likeness (QED) is 0.644. The largest absolute Gasteiger partial charge is 0.423 e. The molecule has 23 heavy (non-hydrogen) atoms. The zero-order chi connectivity index (χ0) is 16.4. The molecule has 2 aromatic rings. The summed E-state index contributed by atoms with van der Waals surface area (Å²) in [6, 6.07) is 9.25. The Kier molecular flexibility index (Phi) is 4.06. The van der Waals surface area contributed by atoms with E-state index in [0.29, 0.717) is 13.0 Å². The monoisotopic (exact) mass is 317 g/mol. The molecule has 0 unspecified atom stereocenters. The lowest BCUT2D eigenvalue weighted by Crippen LogP contribution is -2.23. The number of rotatable bonds is 3. The Bertz CT molecular complexity index is 759. The van der Waals surface area contributed by atoms with Gasteiger partial charge in [-0.15, -0.1) is 0 Å². The van der Waals surface area contributed by atoms with Gasteiger partial charge in [0.25, 0.3) is 0 Å². The molecule has 0 aliphatic carbocycles. The van der Waals surface area contributed by atoms with Crippen LogP contribution in [0.2, 0.25) is 0 Å². The number of carbonyl (C=O) groups is 2. The van der Waals surface area contributed by atoms with E-state index in [0.717, 1.165) is 24.2 Å². The molecule has 1 fully saturated rings. The maximum Gasteiger partial charge on any atom is 0.343 e. The van der Waals surface area contributed by atoms with Crippen LogP contribution in [0.5, 0.6) is 5.75 Å². The maximum absolute atomic E-state index is 13.1. The van der Waals surface area contributed by atoms with Crippen LogP contribution in [0.25, 0.3) is 0 Å². The van der Waals surface area contributed by atoms with Gasteiger partial charge in [0.2, 0.25) is 5.91 Å². The molecular weight excluding hydrogens is 304 g/mol. The molecule has 1 heterocycles. The van der Waals surface area contributed by atoms with Gasteiger partial charge in [-0.1, -0.05) is 0 Å². The molecule has 0 spiro atoms. The molecule has 6 heteroatoms. The van der Waals surface area contributed by atoms with Crippen molar-refractivity contribution in [2.75, 3.05) is 11.4 Å². The van der Waals surface area contributed by atoms with Gasteiger partial charge in [0, 0.05) is 24.7 Å². The third kappa shape index (κ3) is 3.21. The van der Waals surface area contributed by atoms with Gasteiger partial charge < -0.3 is 9.64 Å². The van der Waals surface area contributed by atoms with Gasteiger partial charge in [-0.25, -0.2) is 13.6 Å². The van der Waals surface area contributed by atoms with E-state index in [-0.39, 0.29) is 17.2 Å². The summed E-state index contributed by atoms with van der Waals surface area (Å²) in [5.41, 5.74) is 0.974. The summed E-state index contributed by atoms with van der Waals surface area (Å²) in [7, 11) is 0. The lowest BCUT2D eigenvalue weighted by atomic mass is 10.2. The predicted molar refractivity (Wildman–Crippen MR) is 79.3 cm³/mol. The number of halogens is 2. The van der Waals surface area contributed by atoms with Crippen LogP contribution >= 0.6 is 0 Å². The van der Waals surface area contributed by atoms with E-state index in [4.69, 9.17) is 4.74 Å². The van der Waals surface area contributed by atoms with Gasteiger partial charge in [0.15, 0.2) is 11.6 Å². The molecule has 1 aliphatic rings. The highest BCUT2D eigenvalue weighted by molar-refractivity contribution is 5.96. The third-order valence-electron chi connectivity index (χ3n) is 3.59. The number of nitrogens with zero attached hydrogens (tertiary/aromatic N) is 1. The normalized spacial score (nSPS) is 14.2. The maximum atomic E-state index is 13.1. The molecule has 3 rings (SSSR count). The summed E-state index contributed by atoms with van der Waals surface area (Å²) >= 11 is 0. The van der Waals surface area contributed by atoms with Crippen molar-refractivity contribution >= 4 is 17.6 Å². The van der Waals surface area contributed by atoms with Gasteiger partial charge in [-0.3, -0.25) is 4.79 Å². The number of amides is 1. The zero-order valence-corrected chi connectivity index (χ0v) is 12.1. The van der Waals surface area contributed by atoms with Crippen LogP contribution < -0.4 is 9.64 Å². The SMILES string of the molecule is O=C(Oc1ccc(F)c(F)c1)c1ccc(N2CCCC2=O)cc1. The number of benzene rings is 2.